The Kier molecular flexibility index (Phi) is 4.28. The molecular weight excluding hydrogens is 288 g/mol. The van der Waals surface area contributed by atoms with Gasteiger partial charge in [-0.15, -0.1) is 0 Å². The topological polar surface area (TPSA) is 49.4 Å². The van der Waals surface area contributed by atoms with Gasteiger partial charge in [-0.25, -0.2) is 0 Å². The van der Waals surface area contributed by atoms with Gasteiger partial charge >= 0.3 is 0 Å². The smallest absolute Gasteiger partial charge is 0.253 e. The summed E-state index contributed by atoms with van der Waals surface area (Å²) in [5.41, 5.74) is 0.779. The fourth-order valence-electron chi connectivity index (χ4n) is 2.77. The molecule has 4 nitrogen and oxygen atoms in total. The molecule has 1 N–H and O–H groups in total. The van der Waals surface area contributed by atoms with Gasteiger partial charge in [0.15, 0.2) is 0 Å². The molecule has 0 bridgehead atoms. The van der Waals surface area contributed by atoms with Gasteiger partial charge in [0, 0.05) is 0 Å². The summed E-state index contributed by atoms with van der Waals surface area (Å²) in [6.45, 7) is 7.48. The lowest BCUT2D eigenvalue weighted by Crippen LogP contribution is -2.69. The van der Waals surface area contributed by atoms with Crippen LogP contribution in [-0.4, -0.2) is 23.4 Å². The minimum Gasteiger partial charge on any atom is -0.340 e. The molecule has 1 aliphatic rings. The quantitative estimate of drug-likeness (QED) is 0.933. The Hall–Kier alpha value is -1.55. The molecule has 2 amide bonds. The number of carbonyl (C=O) groups excluding carboxylic acids is 2. The summed E-state index contributed by atoms with van der Waals surface area (Å²) in [6, 6.07) is 4.95. The summed E-state index contributed by atoms with van der Waals surface area (Å²) in [4.78, 5) is 26.8. The number of benzene rings is 1. The number of piperazine rings is 1. The summed E-state index contributed by atoms with van der Waals surface area (Å²) < 4.78 is 0. The summed E-state index contributed by atoms with van der Waals surface area (Å²) >= 11 is 6.30. The van der Waals surface area contributed by atoms with Gasteiger partial charge in [0.2, 0.25) is 5.91 Å². The molecule has 114 valence electrons. The average Bonchev–Trinajstić information content (AvgIpc) is 2.45. The summed E-state index contributed by atoms with van der Waals surface area (Å²) in [6.07, 6.45) is 1.11. The molecule has 0 spiro atoms. The van der Waals surface area contributed by atoms with Crippen LogP contribution < -0.4 is 10.2 Å². The molecule has 1 heterocycles. The highest BCUT2D eigenvalue weighted by atomic mass is 35.5. The molecule has 21 heavy (non-hydrogen) atoms. The Morgan fingerprint density at radius 3 is 2.43 bits per heavy atom. The molecule has 1 fully saturated rings. The van der Waals surface area contributed by atoms with Gasteiger partial charge in [0.1, 0.15) is 11.6 Å². The minimum atomic E-state index is -0.836. The second-order valence-electron chi connectivity index (χ2n) is 5.58. The molecule has 1 aromatic carbocycles. The van der Waals surface area contributed by atoms with Crippen LogP contribution in [0, 0.1) is 6.92 Å². The molecule has 1 atom stereocenters. The molecule has 1 unspecified atom stereocenters. The monoisotopic (exact) mass is 308 g/mol. The van der Waals surface area contributed by atoms with Crippen molar-refractivity contribution in [2.75, 3.05) is 4.90 Å². The van der Waals surface area contributed by atoms with E-state index in [4.69, 9.17) is 11.6 Å². The minimum absolute atomic E-state index is 0.0923. The van der Waals surface area contributed by atoms with Crippen LogP contribution in [0.5, 0.6) is 0 Å². The Morgan fingerprint density at radius 2 is 1.90 bits per heavy atom. The van der Waals surface area contributed by atoms with Gasteiger partial charge < -0.3 is 5.32 Å². The third-order valence-electron chi connectivity index (χ3n) is 4.33. The van der Waals surface area contributed by atoms with Crippen LogP contribution in [0.15, 0.2) is 18.2 Å². The summed E-state index contributed by atoms with van der Waals surface area (Å²) in [5.74, 6) is -0.236. The van der Waals surface area contributed by atoms with Crippen LogP contribution in [0.1, 0.15) is 39.2 Å². The van der Waals surface area contributed by atoms with Crippen molar-refractivity contribution in [1.82, 2.24) is 5.32 Å². The molecule has 0 aliphatic carbocycles. The highest BCUT2D eigenvalue weighted by molar-refractivity contribution is 6.34. The van der Waals surface area contributed by atoms with Crippen molar-refractivity contribution in [2.45, 2.75) is 52.1 Å². The number of hydrogen-bond acceptors (Lipinski definition) is 2. The van der Waals surface area contributed by atoms with E-state index in [1.807, 2.05) is 32.9 Å². The van der Waals surface area contributed by atoms with Crippen LogP contribution in [0.25, 0.3) is 0 Å². The maximum atomic E-state index is 13.0. The maximum Gasteiger partial charge on any atom is 0.253 e. The summed E-state index contributed by atoms with van der Waals surface area (Å²) in [5, 5.41) is 3.38. The Bertz CT molecular complexity index is 582. The van der Waals surface area contributed by atoms with Crippen LogP contribution in [-0.2, 0) is 9.59 Å². The van der Waals surface area contributed by atoms with Gasteiger partial charge in [0.25, 0.3) is 5.91 Å². The summed E-state index contributed by atoms with van der Waals surface area (Å²) in [7, 11) is 0. The molecule has 2 rings (SSSR count). The number of nitrogens with zero attached hydrogens (tertiary/aromatic N) is 1. The predicted molar refractivity (Wildman–Crippen MR) is 84.6 cm³/mol. The third kappa shape index (κ3) is 2.53. The van der Waals surface area contributed by atoms with Crippen molar-refractivity contribution in [3.05, 3.63) is 28.8 Å². The van der Waals surface area contributed by atoms with Gasteiger partial charge in [-0.3, -0.25) is 14.5 Å². The van der Waals surface area contributed by atoms with Crippen molar-refractivity contribution >= 4 is 29.1 Å². The Labute approximate surface area is 130 Å². The fraction of sp³-hybridized carbons (Fsp3) is 0.500. The Balaban J connectivity index is 2.53. The van der Waals surface area contributed by atoms with Crippen molar-refractivity contribution in [2.24, 2.45) is 0 Å². The highest BCUT2D eigenvalue weighted by Gasteiger charge is 2.48. The van der Waals surface area contributed by atoms with E-state index in [2.05, 4.69) is 5.32 Å². The van der Waals surface area contributed by atoms with Crippen LogP contribution >= 0.6 is 11.6 Å². The average molecular weight is 309 g/mol. The van der Waals surface area contributed by atoms with E-state index in [0.29, 0.717) is 23.6 Å². The lowest BCUT2D eigenvalue weighted by atomic mass is 9.87. The first-order valence-corrected chi connectivity index (χ1v) is 7.66. The van der Waals surface area contributed by atoms with Crippen molar-refractivity contribution in [1.29, 1.82) is 0 Å². The largest absolute Gasteiger partial charge is 0.340 e. The zero-order chi connectivity index (χ0) is 15.8. The van der Waals surface area contributed by atoms with Crippen LogP contribution in [0.2, 0.25) is 5.02 Å². The molecule has 1 aliphatic heterocycles. The van der Waals surface area contributed by atoms with Crippen molar-refractivity contribution in [3.63, 3.8) is 0 Å². The van der Waals surface area contributed by atoms with Gasteiger partial charge in [-0.1, -0.05) is 31.5 Å². The number of hydrogen-bond donors (Lipinski definition) is 1. The zero-order valence-corrected chi connectivity index (χ0v) is 13.6. The van der Waals surface area contributed by atoms with E-state index in [-0.39, 0.29) is 11.8 Å². The lowest BCUT2D eigenvalue weighted by molar-refractivity contribution is -0.138. The number of anilines is 1. The van der Waals surface area contributed by atoms with E-state index in [1.165, 1.54) is 4.90 Å². The van der Waals surface area contributed by atoms with Gasteiger partial charge in [-0.05, 0) is 44.4 Å². The molecule has 0 saturated carbocycles. The third-order valence-corrected chi connectivity index (χ3v) is 4.63. The van der Waals surface area contributed by atoms with E-state index in [0.717, 1.165) is 5.56 Å². The van der Waals surface area contributed by atoms with E-state index in [1.54, 1.807) is 13.0 Å². The van der Waals surface area contributed by atoms with Crippen molar-refractivity contribution in [3.8, 4) is 0 Å². The second kappa shape index (κ2) is 5.68. The van der Waals surface area contributed by atoms with E-state index in [9.17, 15) is 9.59 Å². The van der Waals surface area contributed by atoms with E-state index < -0.39 is 11.6 Å². The highest BCUT2D eigenvalue weighted by Crippen LogP contribution is 2.34. The number of halogens is 1. The number of amides is 2. The first kappa shape index (κ1) is 15.8. The van der Waals surface area contributed by atoms with Crippen LogP contribution in [0.4, 0.5) is 5.69 Å². The Morgan fingerprint density at radius 1 is 1.29 bits per heavy atom. The molecule has 1 aromatic rings. The fourth-order valence-corrected chi connectivity index (χ4v) is 3.10. The first-order valence-electron chi connectivity index (χ1n) is 7.28. The number of aryl methyl sites for hydroxylation is 1. The molecule has 1 saturated heterocycles. The number of carbonyl (C=O) groups is 2. The number of rotatable bonds is 3. The predicted octanol–water partition coefficient (Wildman–Crippen LogP) is 3.06. The first-order chi connectivity index (χ1) is 9.86. The van der Waals surface area contributed by atoms with Gasteiger partial charge in [0.05, 0.1) is 10.7 Å². The lowest BCUT2D eigenvalue weighted by Gasteiger charge is -2.44. The normalized spacial score (nSPS) is 21.4. The van der Waals surface area contributed by atoms with Crippen molar-refractivity contribution < 1.29 is 9.59 Å². The molecular formula is C16H21ClN2O2. The van der Waals surface area contributed by atoms with Crippen LogP contribution in [0.3, 0.4) is 0 Å². The number of nitrogens with one attached hydrogen (secondary N) is 1. The molecule has 0 aromatic heterocycles. The maximum absolute atomic E-state index is 13.0. The van der Waals surface area contributed by atoms with E-state index >= 15 is 0 Å². The zero-order valence-electron chi connectivity index (χ0n) is 12.9. The standard InChI is InChI=1S/C16H21ClN2O2/c1-5-16(6-2)15(21)19(11(4)14(20)18-16)13-8-7-10(3)9-12(13)17/h7-9,11H,5-6H2,1-4H3,(H,18,20). The van der Waals surface area contributed by atoms with Gasteiger partial charge in [-0.2, -0.15) is 0 Å². The molecule has 5 heteroatoms. The second-order valence-corrected chi connectivity index (χ2v) is 5.99. The SMILES string of the molecule is CCC1(CC)NC(=O)C(C)N(c2ccc(C)cc2Cl)C1=O. The molecule has 0 radical (unpaired) electrons.